The topological polar surface area (TPSA) is 114 Å². The van der Waals surface area contributed by atoms with E-state index in [-0.39, 0.29) is 18.1 Å². The van der Waals surface area contributed by atoms with Gasteiger partial charge in [-0.3, -0.25) is 19.7 Å². The van der Waals surface area contributed by atoms with Gasteiger partial charge in [0, 0.05) is 5.69 Å². The lowest BCUT2D eigenvalue weighted by atomic mass is 10.1. The number of aryl methyl sites for hydroxylation is 2. The summed E-state index contributed by atoms with van der Waals surface area (Å²) in [6.07, 6.45) is 1.39. The van der Waals surface area contributed by atoms with E-state index in [1.807, 2.05) is 54.6 Å². The van der Waals surface area contributed by atoms with E-state index in [1.165, 1.54) is 6.08 Å². The van der Waals surface area contributed by atoms with E-state index in [1.54, 1.807) is 49.4 Å². The van der Waals surface area contributed by atoms with Gasteiger partial charge in [0.15, 0.2) is 18.1 Å². The van der Waals surface area contributed by atoms with Crippen molar-refractivity contribution in [2.45, 2.75) is 20.8 Å². The summed E-state index contributed by atoms with van der Waals surface area (Å²) in [4.78, 5) is 51.6. The van der Waals surface area contributed by atoms with Crippen LogP contribution in [0, 0.1) is 17.4 Å². The number of hydrogen-bond donors (Lipinski definition) is 2. The first kappa shape index (κ1) is 27.8. The predicted molar refractivity (Wildman–Crippen MR) is 156 cm³/mol. The lowest BCUT2D eigenvalue weighted by molar-refractivity contribution is -0.122. The number of anilines is 2. The van der Waals surface area contributed by atoms with Gasteiger partial charge < -0.3 is 14.8 Å². The predicted octanol–water partition coefficient (Wildman–Crippen LogP) is 4.99. The Hall–Kier alpha value is -4.19. The fraction of sp³-hybridized carbons (Fsp3) is 0.172. The van der Waals surface area contributed by atoms with Gasteiger partial charge in [-0.1, -0.05) is 35.9 Å². The summed E-state index contributed by atoms with van der Waals surface area (Å²) in [5, 5.41) is 5.05. The Morgan fingerprint density at radius 1 is 1.03 bits per heavy atom. The quantitative estimate of drug-likeness (QED) is 0.204. The summed E-state index contributed by atoms with van der Waals surface area (Å²) in [5.74, 6) is -1.17. The van der Waals surface area contributed by atoms with Crippen LogP contribution in [0.2, 0.25) is 0 Å². The van der Waals surface area contributed by atoms with Crippen molar-refractivity contribution in [3.8, 4) is 11.5 Å². The van der Waals surface area contributed by atoms with Gasteiger partial charge in [-0.05, 0) is 90.9 Å². The average Bonchev–Trinajstić information content (AvgIpc) is 2.88. The standard InChI is InChI=1S/C29H26IN3O6/c1-4-38-24-15-19(13-21-27(35)32-29(37)33(28(21)36)20-8-6-5-7-9-20)14-22(30)26(24)39-16-25(34)31-23-11-10-17(2)12-18(23)3/h5-15H,4,16H2,1-3H3,(H,31,34)(H,32,35,37)/b21-13-. The number of barbiturate groups is 1. The molecular formula is C29H26IN3O6. The summed E-state index contributed by atoms with van der Waals surface area (Å²) in [7, 11) is 0. The fourth-order valence-electron chi connectivity index (χ4n) is 3.99. The summed E-state index contributed by atoms with van der Waals surface area (Å²) < 4.78 is 12.2. The van der Waals surface area contributed by atoms with Crippen LogP contribution in [0.15, 0.2) is 66.2 Å². The van der Waals surface area contributed by atoms with Crippen molar-refractivity contribution in [2.24, 2.45) is 0 Å². The lowest BCUT2D eigenvalue weighted by Crippen LogP contribution is -2.54. The molecule has 0 atom stereocenters. The number of para-hydroxylation sites is 1. The molecule has 0 aliphatic carbocycles. The highest BCUT2D eigenvalue weighted by Crippen LogP contribution is 2.35. The molecule has 200 valence electrons. The van der Waals surface area contributed by atoms with Crippen molar-refractivity contribution in [1.29, 1.82) is 0 Å². The molecule has 10 heteroatoms. The number of nitrogens with one attached hydrogen (secondary N) is 2. The summed E-state index contributed by atoms with van der Waals surface area (Å²) in [5.41, 5.74) is 3.35. The maximum atomic E-state index is 13.2. The molecule has 0 radical (unpaired) electrons. The number of urea groups is 1. The molecule has 1 heterocycles. The first-order valence-electron chi connectivity index (χ1n) is 12.1. The van der Waals surface area contributed by atoms with E-state index in [0.717, 1.165) is 16.0 Å². The molecule has 9 nitrogen and oxygen atoms in total. The average molecular weight is 639 g/mol. The van der Waals surface area contributed by atoms with Crippen LogP contribution in [0.3, 0.4) is 0 Å². The number of carbonyl (C=O) groups is 4. The second-order valence-corrected chi connectivity index (χ2v) is 9.87. The van der Waals surface area contributed by atoms with E-state index in [9.17, 15) is 19.2 Å². The van der Waals surface area contributed by atoms with Crippen molar-refractivity contribution in [3.63, 3.8) is 0 Å². The van der Waals surface area contributed by atoms with Crippen molar-refractivity contribution < 1.29 is 28.7 Å². The van der Waals surface area contributed by atoms with Crippen LogP contribution >= 0.6 is 22.6 Å². The maximum absolute atomic E-state index is 13.2. The van der Waals surface area contributed by atoms with E-state index < -0.39 is 17.8 Å². The fourth-order valence-corrected chi connectivity index (χ4v) is 4.77. The molecule has 3 aromatic rings. The van der Waals surface area contributed by atoms with Crippen LogP contribution in [0.5, 0.6) is 11.5 Å². The van der Waals surface area contributed by atoms with Crippen LogP contribution in [0.4, 0.5) is 16.2 Å². The Bertz CT molecular complexity index is 1490. The third kappa shape index (κ3) is 6.45. The number of halogens is 1. The van der Waals surface area contributed by atoms with Crippen LogP contribution in [0.25, 0.3) is 6.08 Å². The number of rotatable bonds is 8. The number of ether oxygens (including phenoxy) is 2. The zero-order chi connectivity index (χ0) is 28.1. The highest BCUT2D eigenvalue weighted by Gasteiger charge is 2.36. The monoisotopic (exact) mass is 639 g/mol. The molecule has 5 amide bonds. The number of hydrogen-bond acceptors (Lipinski definition) is 6. The molecule has 0 spiro atoms. The minimum Gasteiger partial charge on any atom is -0.490 e. The Morgan fingerprint density at radius 2 is 1.77 bits per heavy atom. The number of imide groups is 2. The zero-order valence-corrected chi connectivity index (χ0v) is 23.7. The summed E-state index contributed by atoms with van der Waals surface area (Å²) >= 11 is 2.04. The van der Waals surface area contributed by atoms with E-state index in [2.05, 4.69) is 10.6 Å². The second-order valence-electron chi connectivity index (χ2n) is 8.71. The normalized spacial score (nSPS) is 14.3. The highest BCUT2D eigenvalue weighted by molar-refractivity contribution is 14.1. The Kier molecular flexibility index (Phi) is 8.65. The van der Waals surface area contributed by atoms with Gasteiger partial charge >= 0.3 is 6.03 Å². The lowest BCUT2D eigenvalue weighted by Gasteiger charge is -2.26. The second kappa shape index (κ2) is 12.1. The van der Waals surface area contributed by atoms with Crippen LogP contribution in [-0.4, -0.2) is 37.0 Å². The highest BCUT2D eigenvalue weighted by atomic mass is 127. The van der Waals surface area contributed by atoms with Gasteiger partial charge in [-0.2, -0.15) is 0 Å². The molecule has 1 saturated heterocycles. The first-order chi connectivity index (χ1) is 18.7. The molecule has 1 aliphatic rings. The molecule has 1 aliphatic heterocycles. The SMILES string of the molecule is CCOc1cc(/C=C2/C(=O)NC(=O)N(c3ccccc3)C2=O)cc(I)c1OCC(=O)Nc1ccc(C)cc1C. The maximum Gasteiger partial charge on any atom is 0.335 e. The molecule has 0 aromatic heterocycles. The minimum absolute atomic E-state index is 0.210. The first-order valence-corrected chi connectivity index (χ1v) is 13.2. The minimum atomic E-state index is -0.819. The zero-order valence-electron chi connectivity index (χ0n) is 21.5. The third-order valence-electron chi connectivity index (χ3n) is 5.76. The molecular weight excluding hydrogens is 613 g/mol. The number of carbonyl (C=O) groups excluding carboxylic acids is 4. The van der Waals surface area contributed by atoms with Crippen molar-refractivity contribution >= 4 is 63.8 Å². The third-order valence-corrected chi connectivity index (χ3v) is 6.56. The van der Waals surface area contributed by atoms with Gasteiger partial charge in [0.25, 0.3) is 17.7 Å². The molecule has 39 heavy (non-hydrogen) atoms. The van der Waals surface area contributed by atoms with Crippen molar-refractivity contribution in [1.82, 2.24) is 5.32 Å². The Labute approximate surface area is 239 Å². The Balaban J connectivity index is 1.57. The van der Waals surface area contributed by atoms with Gasteiger partial charge in [-0.15, -0.1) is 0 Å². The van der Waals surface area contributed by atoms with Gasteiger partial charge in [0.2, 0.25) is 0 Å². The van der Waals surface area contributed by atoms with E-state index >= 15 is 0 Å². The summed E-state index contributed by atoms with van der Waals surface area (Å²) in [6.45, 7) is 5.76. The number of benzene rings is 3. The largest absolute Gasteiger partial charge is 0.490 e. The molecule has 0 bridgehead atoms. The number of nitrogens with zero attached hydrogens (tertiary/aromatic N) is 1. The van der Waals surface area contributed by atoms with Crippen LogP contribution in [0.1, 0.15) is 23.6 Å². The molecule has 3 aromatic carbocycles. The molecule has 2 N–H and O–H groups in total. The van der Waals surface area contributed by atoms with Gasteiger partial charge in [0.1, 0.15) is 5.57 Å². The number of amides is 5. The van der Waals surface area contributed by atoms with Gasteiger partial charge in [0.05, 0.1) is 15.9 Å². The summed E-state index contributed by atoms with van der Waals surface area (Å²) in [6, 6.07) is 16.6. The molecule has 0 saturated carbocycles. The molecule has 0 unspecified atom stereocenters. The van der Waals surface area contributed by atoms with Crippen LogP contribution < -0.4 is 25.0 Å². The van der Waals surface area contributed by atoms with Crippen LogP contribution in [-0.2, 0) is 14.4 Å². The van der Waals surface area contributed by atoms with E-state index in [4.69, 9.17) is 9.47 Å². The smallest absolute Gasteiger partial charge is 0.335 e. The molecule has 4 rings (SSSR count). The molecule has 1 fully saturated rings. The van der Waals surface area contributed by atoms with Crippen molar-refractivity contribution in [2.75, 3.05) is 23.4 Å². The van der Waals surface area contributed by atoms with Gasteiger partial charge in [-0.25, -0.2) is 9.69 Å². The van der Waals surface area contributed by atoms with Crippen molar-refractivity contribution in [3.05, 3.63) is 86.5 Å². The van der Waals surface area contributed by atoms with E-state index in [0.29, 0.717) is 38.6 Å². The Morgan fingerprint density at radius 3 is 2.46 bits per heavy atom.